The Morgan fingerprint density at radius 3 is 2.13 bits per heavy atom. The van der Waals surface area contributed by atoms with Crippen molar-refractivity contribution in [2.45, 2.75) is 30.8 Å². The van der Waals surface area contributed by atoms with Crippen LogP contribution in [0.25, 0.3) is 0 Å². The quantitative estimate of drug-likeness (QED) is 0.886. The number of likely N-dealkylation sites (tertiary alicyclic amines) is 1. The van der Waals surface area contributed by atoms with Gasteiger partial charge in [-0.15, -0.1) is 0 Å². The van der Waals surface area contributed by atoms with E-state index in [0.717, 1.165) is 12.1 Å². The normalized spacial score (nSPS) is 15.8. The van der Waals surface area contributed by atoms with Crippen LogP contribution in [0.15, 0.2) is 59.5 Å². The van der Waals surface area contributed by atoms with E-state index in [1.54, 1.807) is 30.3 Å². The lowest BCUT2D eigenvalue weighted by Crippen LogP contribution is -2.23. The third kappa shape index (κ3) is 4.41. The fourth-order valence-corrected chi connectivity index (χ4v) is 3.86. The Bertz CT molecular complexity index is 721. The van der Waals surface area contributed by atoms with Crippen LogP contribution < -0.4 is 4.72 Å². The highest BCUT2D eigenvalue weighted by molar-refractivity contribution is 7.89. The first-order chi connectivity index (χ1) is 11.1. The Balaban J connectivity index is 1.58. The van der Waals surface area contributed by atoms with Crippen molar-refractivity contribution in [2.24, 2.45) is 0 Å². The lowest BCUT2D eigenvalue weighted by Gasteiger charge is -2.14. The second kappa shape index (κ2) is 7.25. The molecular weight excluding hydrogens is 308 g/mol. The first-order valence-corrected chi connectivity index (χ1v) is 9.47. The second-order valence-electron chi connectivity index (χ2n) is 5.94. The zero-order chi connectivity index (χ0) is 16.1. The minimum absolute atomic E-state index is 0.297. The summed E-state index contributed by atoms with van der Waals surface area (Å²) in [6.45, 7) is 3.65. The van der Waals surface area contributed by atoms with E-state index in [9.17, 15) is 8.42 Å². The van der Waals surface area contributed by atoms with Crippen molar-refractivity contribution in [3.05, 3.63) is 65.7 Å². The SMILES string of the molecule is O=S(=O)(NCc1ccc(CN2CCCC2)cc1)c1ccccc1. The van der Waals surface area contributed by atoms with Crippen molar-refractivity contribution in [1.29, 1.82) is 0 Å². The maximum atomic E-state index is 12.2. The number of nitrogens with zero attached hydrogens (tertiary/aromatic N) is 1. The predicted octanol–water partition coefficient (Wildman–Crippen LogP) is 2.76. The van der Waals surface area contributed by atoms with Gasteiger partial charge in [-0.2, -0.15) is 0 Å². The van der Waals surface area contributed by atoms with Gasteiger partial charge in [0.25, 0.3) is 0 Å². The van der Waals surface area contributed by atoms with E-state index >= 15 is 0 Å². The minimum atomic E-state index is -3.45. The topological polar surface area (TPSA) is 49.4 Å². The van der Waals surface area contributed by atoms with E-state index < -0.39 is 10.0 Å². The van der Waals surface area contributed by atoms with E-state index in [0.29, 0.717) is 11.4 Å². The van der Waals surface area contributed by atoms with Gasteiger partial charge >= 0.3 is 0 Å². The van der Waals surface area contributed by atoms with Gasteiger partial charge in [-0.1, -0.05) is 42.5 Å². The van der Waals surface area contributed by atoms with Crippen LogP contribution in [-0.4, -0.2) is 26.4 Å². The van der Waals surface area contributed by atoms with Gasteiger partial charge in [-0.05, 0) is 49.2 Å². The highest BCUT2D eigenvalue weighted by Gasteiger charge is 2.13. The van der Waals surface area contributed by atoms with Gasteiger partial charge in [0.1, 0.15) is 0 Å². The van der Waals surface area contributed by atoms with Crippen LogP contribution >= 0.6 is 0 Å². The van der Waals surface area contributed by atoms with Crippen LogP contribution in [0.5, 0.6) is 0 Å². The monoisotopic (exact) mass is 330 g/mol. The fourth-order valence-electron chi connectivity index (χ4n) is 2.82. The van der Waals surface area contributed by atoms with Crippen LogP contribution in [0.1, 0.15) is 24.0 Å². The first kappa shape index (κ1) is 16.2. The molecule has 5 heteroatoms. The second-order valence-corrected chi connectivity index (χ2v) is 7.70. The molecule has 1 saturated heterocycles. The van der Waals surface area contributed by atoms with Gasteiger partial charge in [0.2, 0.25) is 10.0 Å². The highest BCUT2D eigenvalue weighted by Crippen LogP contribution is 2.14. The molecule has 0 aromatic heterocycles. The average Bonchev–Trinajstić information content (AvgIpc) is 3.08. The third-order valence-corrected chi connectivity index (χ3v) is 5.56. The summed E-state index contributed by atoms with van der Waals surface area (Å²) < 4.78 is 27.0. The molecule has 0 radical (unpaired) electrons. The van der Waals surface area contributed by atoms with Crippen molar-refractivity contribution in [2.75, 3.05) is 13.1 Å². The van der Waals surface area contributed by atoms with E-state index in [-0.39, 0.29) is 0 Å². The lowest BCUT2D eigenvalue weighted by molar-refractivity contribution is 0.331. The molecule has 1 aliphatic rings. The smallest absolute Gasteiger partial charge is 0.240 e. The molecular formula is C18H22N2O2S. The minimum Gasteiger partial charge on any atom is -0.299 e. The predicted molar refractivity (Wildman–Crippen MR) is 91.4 cm³/mol. The molecule has 1 N–H and O–H groups in total. The molecule has 0 bridgehead atoms. The summed E-state index contributed by atoms with van der Waals surface area (Å²) in [6.07, 6.45) is 2.58. The molecule has 0 saturated carbocycles. The molecule has 1 fully saturated rings. The van der Waals surface area contributed by atoms with Gasteiger partial charge < -0.3 is 0 Å². The van der Waals surface area contributed by atoms with E-state index in [1.807, 2.05) is 12.1 Å². The molecule has 0 aliphatic carbocycles. The van der Waals surface area contributed by atoms with Crippen molar-refractivity contribution in [3.8, 4) is 0 Å². The molecule has 122 valence electrons. The van der Waals surface area contributed by atoms with Crippen molar-refractivity contribution >= 4 is 10.0 Å². The van der Waals surface area contributed by atoms with Crippen molar-refractivity contribution in [3.63, 3.8) is 0 Å². The number of hydrogen-bond acceptors (Lipinski definition) is 3. The van der Waals surface area contributed by atoms with E-state index in [2.05, 4.69) is 21.8 Å². The molecule has 2 aromatic carbocycles. The average molecular weight is 330 g/mol. The number of benzene rings is 2. The highest BCUT2D eigenvalue weighted by atomic mass is 32.2. The molecule has 0 atom stereocenters. The molecule has 0 amide bonds. The largest absolute Gasteiger partial charge is 0.299 e. The number of sulfonamides is 1. The van der Waals surface area contributed by atoms with Crippen LogP contribution in [0.4, 0.5) is 0 Å². The fraction of sp³-hybridized carbons (Fsp3) is 0.333. The molecule has 23 heavy (non-hydrogen) atoms. The standard InChI is InChI=1S/C18H22N2O2S/c21-23(22,18-6-2-1-3-7-18)19-14-16-8-10-17(11-9-16)15-20-12-4-5-13-20/h1-3,6-11,19H,4-5,12-15H2. The molecule has 4 nitrogen and oxygen atoms in total. The lowest BCUT2D eigenvalue weighted by atomic mass is 10.1. The van der Waals surface area contributed by atoms with Gasteiger partial charge in [0, 0.05) is 13.1 Å². The third-order valence-electron chi connectivity index (χ3n) is 4.15. The molecule has 0 unspecified atom stereocenters. The Kier molecular flexibility index (Phi) is 5.10. The Hall–Kier alpha value is -1.69. The van der Waals surface area contributed by atoms with E-state index in [1.165, 1.54) is 31.5 Å². The molecule has 3 rings (SSSR count). The maximum absolute atomic E-state index is 12.2. The first-order valence-electron chi connectivity index (χ1n) is 7.98. The summed E-state index contributed by atoms with van der Waals surface area (Å²) in [5.74, 6) is 0. The van der Waals surface area contributed by atoms with Crippen LogP contribution in [0, 0.1) is 0 Å². The van der Waals surface area contributed by atoms with Crippen molar-refractivity contribution in [1.82, 2.24) is 9.62 Å². The van der Waals surface area contributed by atoms with Crippen molar-refractivity contribution < 1.29 is 8.42 Å². The number of hydrogen-bond donors (Lipinski definition) is 1. The maximum Gasteiger partial charge on any atom is 0.240 e. The molecule has 1 aliphatic heterocycles. The summed E-state index contributed by atoms with van der Waals surface area (Å²) in [6, 6.07) is 16.6. The zero-order valence-electron chi connectivity index (χ0n) is 13.1. The summed E-state index contributed by atoms with van der Waals surface area (Å²) in [4.78, 5) is 2.75. The van der Waals surface area contributed by atoms with Gasteiger partial charge in [0.15, 0.2) is 0 Å². The summed E-state index contributed by atoms with van der Waals surface area (Å²) in [5.41, 5.74) is 2.25. The van der Waals surface area contributed by atoms with Crippen LogP contribution in [-0.2, 0) is 23.1 Å². The Labute approximate surface area is 138 Å². The Morgan fingerprint density at radius 1 is 0.870 bits per heavy atom. The summed E-state index contributed by atoms with van der Waals surface area (Å²) in [7, 11) is -3.45. The van der Waals surface area contributed by atoms with Gasteiger partial charge in [-0.3, -0.25) is 4.90 Å². The molecule has 1 heterocycles. The van der Waals surface area contributed by atoms with E-state index in [4.69, 9.17) is 0 Å². The van der Waals surface area contributed by atoms with Crippen LogP contribution in [0.2, 0.25) is 0 Å². The number of rotatable bonds is 6. The molecule has 2 aromatic rings. The molecule has 0 spiro atoms. The van der Waals surface area contributed by atoms with Gasteiger partial charge in [-0.25, -0.2) is 13.1 Å². The zero-order valence-corrected chi connectivity index (χ0v) is 13.9. The Morgan fingerprint density at radius 2 is 1.48 bits per heavy atom. The van der Waals surface area contributed by atoms with Crippen LogP contribution in [0.3, 0.4) is 0 Å². The summed E-state index contributed by atoms with van der Waals surface area (Å²) >= 11 is 0. The van der Waals surface area contributed by atoms with Gasteiger partial charge in [0.05, 0.1) is 4.90 Å². The number of nitrogens with one attached hydrogen (secondary N) is 1. The summed E-state index contributed by atoms with van der Waals surface area (Å²) in [5, 5.41) is 0.